The molecule has 112 valence electrons. The molecule has 2 aliphatic rings. The van der Waals surface area contributed by atoms with Gasteiger partial charge in [0, 0.05) is 0 Å². The van der Waals surface area contributed by atoms with E-state index in [-0.39, 0.29) is 5.78 Å². The molecular weight excluding hydrogens is 284 g/mol. The fourth-order valence-electron chi connectivity index (χ4n) is 2.97. The maximum Gasteiger partial charge on any atom is 0.178 e. The predicted octanol–water partition coefficient (Wildman–Crippen LogP) is 3.27. The van der Waals surface area contributed by atoms with Crippen molar-refractivity contribution in [2.45, 2.75) is 39.5 Å². The third-order valence-electron chi connectivity index (χ3n) is 3.87. The van der Waals surface area contributed by atoms with E-state index in [0.717, 1.165) is 11.5 Å². The molecule has 1 nitrogen and oxygen atoms in total. The van der Waals surface area contributed by atoms with E-state index >= 15 is 0 Å². The Labute approximate surface area is 130 Å². The third kappa shape index (κ3) is 5.69. The molecule has 2 rings (SSSR count). The second-order valence-corrected chi connectivity index (χ2v) is 10.8. The van der Waals surface area contributed by atoms with Crippen molar-refractivity contribution in [2.24, 2.45) is 0 Å². The summed E-state index contributed by atoms with van der Waals surface area (Å²) in [5.41, 5.74) is 2.57. The van der Waals surface area contributed by atoms with Crippen LogP contribution in [-0.4, -0.2) is 40.3 Å². The monoisotopic (exact) mass is 312 g/mol. The predicted molar refractivity (Wildman–Crippen MR) is 94.9 cm³/mol. The number of carbonyl (C=O) groups is 1. The summed E-state index contributed by atoms with van der Waals surface area (Å²) in [5, 5.41) is 0. The SMILES string of the molecule is C/C(=C\C(=O)/C=C(\C)C[S+]1CCCC1)C[S+]1CCCC1. The molecule has 0 radical (unpaired) electrons. The largest absolute Gasteiger partial charge is 0.290 e. The highest BCUT2D eigenvalue weighted by atomic mass is 32.2. The summed E-state index contributed by atoms with van der Waals surface area (Å²) in [6.07, 6.45) is 9.34. The lowest BCUT2D eigenvalue weighted by molar-refractivity contribution is -0.110. The van der Waals surface area contributed by atoms with Gasteiger partial charge in [-0.2, -0.15) is 0 Å². The molecular formula is C17H28OS2+2. The van der Waals surface area contributed by atoms with Crippen molar-refractivity contribution >= 4 is 27.6 Å². The Bertz CT molecular complexity index is 350. The standard InChI is InChI=1S/C17H28OS2/c1-15(13-19-7-3-4-8-19)11-17(18)12-16(2)14-20-9-5-6-10-20/h11-12H,3-10,13-14H2,1-2H3/q+2/b15-11+,16-12+. The van der Waals surface area contributed by atoms with E-state index in [1.54, 1.807) is 0 Å². The summed E-state index contributed by atoms with van der Waals surface area (Å²) in [7, 11) is 1.14. The summed E-state index contributed by atoms with van der Waals surface area (Å²) < 4.78 is 0. The zero-order chi connectivity index (χ0) is 14.4. The number of rotatable bonds is 6. The molecule has 0 aliphatic carbocycles. The van der Waals surface area contributed by atoms with Crippen LogP contribution >= 0.6 is 0 Å². The lowest BCUT2D eigenvalue weighted by atomic mass is 10.2. The molecule has 0 unspecified atom stereocenters. The quantitative estimate of drug-likeness (QED) is 0.543. The first-order valence-electron chi connectivity index (χ1n) is 7.80. The molecule has 2 fully saturated rings. The van der Waals surface area contributed by atoms with Gasteiger partial charge in [0.1, 0.15) is 34.5 Å². The van der Waals surface area contributed by atoms with Crippen molar-refractivity contribution in [2.75, 3.05) is 34.5 Å². The number of hydrogen-bond donors (Lipinski definition) is 0. The van der Waals surface area contributed by atoms with Crippen molar-refractivity contribution in [1.82, 2.24) is 0 Å². The van der Waals surface area contributed by atoms with Crippen LogP contribution in [0.4, 0.5) is 0 Å². The van der Waals surface area contributed by atoms with Crippen LogP contribution in [0.15, 0.2) is 23.3 Å². The maximum atomic E-state index is 12.1. The number of carbonyl (C=O) groups excluding carboxylic acids is 1. The maximum absolute atomic E-state index is 12.1. The summed E-state index contributed by atoms with van der Waals surface area (Å²) in [5.74, 6) is 8.07. The van der Waals surface area contributed by atoms with E-state index in [2.05, 4.69) is 13.8 Å². The van der Waals surface area contributed by atoms with E-state index in [4.69, 9.17) is 0 Å². The minimum Gasteiger partial charge on any atom is -0.290 e. The zero-order valence-corrected chi connectivity index (χ0v) is 14.6. The van der Waals surface area contributed by atoms with E-state index in [1.165, 1.54) is 59.8 Å². The average Bonchev–Trinajstić information content (AvgIpc) is 3.01. The Kier molecular flexibility index (Phi) is 6.76. The van der Waals surface area contributed by atoms with Gasteiger partial charge in [-0.3, -0.25) is 4.79 Å². The van der Waals surface area contributed by atoms with E-state index in [0.29, 0.717) is 21.8 Å². The fraction of sp³-hybridized carbons (Fsp3) is 0.706. The summed E-state index contributed by atoms with van der Waals surface area (Å²) >= 11 is 0. The van der Waals surface area contributed by atoms with Crippen LogP contribution in [0.2, 0.25) is 0 Å². The lowest BCUT2D eigenvalue weighted by Crippen LogP contribution is -2.11. The van der Waals surface area contributed by atoms with Crippen molar-refractivity contribution in [3.63, 3.8) is 0 Å². The van der Waals surface area contributed by atoms with Crippen LogP contribution < -0.4 is 0 Å². The molecule has 0 N–H and O–H groups in total. The molecule has 0 bridgehead atoms. The Balaban J connectivity index is 1.79. The molecule has 0 aromatic heterocycles. The van der Waals surface area contributed by atoms with Gasteiger partial charge in [-0.25, -0.2) is 0 Å². The van der Waals surface area contributed by atoms with Crippen LogP contribution in [0.3, 0.4) is 0 Å². The highest BCUT2D eigenvalue weighted by Crippen LogP contribution is 2.17. The van der Waals surface area contributed by atoms with Crippen LogP contribution in [0, 0.1) is 0 Å². The average molecular weight is 313 g/mol. The first kappa shape index (κ1) is 16.2. The minimum absolute atomic E-state index is 0.214. The Morgan fingerprint density at radius 3 is 1.50 bits per heavy atom. The summed E-state index contributed by atoms with van der Waals surface area (Å²) in [6.45, 7) is 4.26. The molecule has 2 saturated heterocycles. The Morgan fingerprint density at radius 2 is 1.15 bits per heavy atom. The van der Waals surface area contributed by atoms with E-state index < -0.39 is 0 Å². The molecule has 0 aromatic rings. The molecule has 0 amide bonds. The fourth-order valence-corrected chi connectivity index (χ4v) is 7.86. The highest BCUT2D eigenvalue weighted by molar-refractivity contribution is 7.97. The van der Waals surface area contributed by atoms with Crippen LogP contribution in [0.5, 0.6) is 0 Å². The number of ketones is 1. The molecule has 0 atom stereocenters. The van der Waals surface area contributed by atoms with Gasteiger partial charge < -0.3 is 0 Å². The van der Waals surface area contributed by atoms with Gasteiger partial charge in [-0.15, -0.1) is 0 Å². The van der Waals surface area contributed by atoms with Gasteiger partial charge in [-0.05, 0) is 84.6 Å². The minimum atomic E-state index is 0.214. The topological polar surface area (TPSA) is 17.1 Å². The van der Waals surface area contributed by atoms with Crippen molar-refractivity contribution in [1.29, 1.82) is 0 Å². The van der Waals surface area contributed by atoms with Crippen molar-refractivity contribution in [3.8, 4) is 0 Å². The van der Waals surface area contributed by atoms with Crippen molar-refractivity contribution < 1.29 is 4.79 Å². The smallest absolute Gasteiger partial charge is 0.178 e. The van der Waals surface area contributed by atoms with Crippen LogP contribution in [0.25, 0.3) is 0 Å². The van der Waals surface area contributed by atoms with Gasteiger partial charge >= 0.3 is 0 Å². The number of hydrogen-bond acceptors (Lipinski definition) is 1. The first-order chi connectivity index (χ1) is 9.63. The molecule has 0 aromatic carbocycles. The normalized spacial score (nSPS) is 22.7. The van der Waals surface area contributed by atoms with Crippen molar-refractivity contribution in [3.05, 3.63) is 23.3 Å². The second-order valence-electron chi connectivity index (χ2n) is 6.13. The van der Waals surface area contributed by atoms with Gasteiger partial charge in [0.15, 0.2) is 5.78 Å². The Morgan fingerprint density at radius 1 is 0.800 bits per heavy atom. The Hall–Kier alpha value is -0.150. The van der Waals surface area contributed by atoms with Crippen LogP contribution in [0.1, 0.15) is 39.5 Å². The van der Waals surface area contributed by atoms with Gasteiger partial charge in [0.25, 0.3) is 0 Å². The highest BCUT2D eigenvalue weighted by Gasteiger charge is 2.25. The molecule has 20 heavy (non-hydrogen) atoms. The van der Waals surface area contributed by atoms with Gasteiger partial charge in [0.2, 0.25) is 0 Å². The molecule has 0 saturated carbocycles. The lowest BCUT2D eigenvalue weighted by Gasteiger charge is -2.02. The van der Waals surface area contributed by atoms with Gasteiger partial charge in [-0.1, -0.05) is 0 Å². The molecule has 0 spiro atoms. The first-order valence-corrected chi connectivity index (χ1v) is 11.3. The zero-order valence-electron chi connectivity index (χ0n) is 13.0. The van der Waals surface area contributed by atoms with E-state index in [9.17, 15) is 4.79 Å². The summed E-state index contributed by atoms with van der Waals surface area (Å²) in [4.78, 5) is 12.1. The number of allylic oxidation sites excluding steroid dienone is 2. The second kappa shape index (κ2) is 8.33. The molecule has 2 aliphatic heterocycles. The molecule has 2 heterocycles. The summed E-state index contributed by atoms with van der Waals surface area (Å²) in [6, 6.07) is 0. The van der Waals surface area contributed by atoms with E-state index in [1.807, 2.05) is 12.2 Å². The molecule has 3 heteroatoms. The third-order valence-corrected chi connectivity index (χ3v) is 9.06. The van der Waals surface area contributed by atoms with Crippen LogP contribution in [-0.2, 0) is 26.6 Å². The van der Waals surface area contributed by atoms with Gasteiger partial charge in [0.05, 0.1) is 0 Å².